The summed E-state index contributed by atoms with van der Waals surface area (Å²) in [6.07, 6.45) is 1.43. The van der Waals surface area contributed by atoms with Crippen LogP contribution in [-0.4, -0.2) is 32.7 Å². The van der Waals surface area contributed by atoms with Gasteiger partial charge in [0.25, 0.3) is 5.78 Å². The van der Waals surface area contributed by atoms with Crippen molar-refractivity contribution in [1.82, 2.24) is 19.6 Å². The van der Waals surface area contributed by atoms with E-state index in [0.717, 1.165) is 18.9 Å². The summed E-state index contributed by atoms with van der Waals surface area (Å²) in [4.78, 5) is 10.5. The predicted molar refractivity (Wildman–Crippen MR) is 99.8 cm³/mol. The Labute approximate surface area is 159 Å². The zero-order valence-electron chi connectivity index (χ0n) is 12.9. The van der Waals surface area contributed by atoms with E-state index >= 15 is 0 Å². The summed E-state index contributed by atoms with van der Waals surface area (Å²) >= 11 is 25.3. The lowest BCUT2D eigenvalue weighted by molar-refractivity contribution is 0.801. The number of anilines is 1. The highest BCUT2D eigenvalue weighted by Crippen LogP contribution is 2.44. The summed E-state index contributed by atoms with van der Waals surface area (Å²) in [7, 11) is 0. The Morgan fingerprint density at radius 3 is 2.21 bits per heavy atom. The second-order valence-electron chi connectivity index (χ2n) is 4.99. The molecular weight excluding hydrogens is 392 g/mol. The average molecular weight is 405 g/mol. The third kappa shape index (κ3) is 2.90. The molecule has 1 aromatic carbocycles. The lowest BCUT2D eigenvalue weighted by Gasteiger charge is -2.25. The van der Waals surface area contributed by atoms with Crippen molar-refractivity contribution < 1.29 is 0 Å². The molecule has 0 aliphatic rings. The number of nitrogens with zero attached hydrogens (tertiary/aromatic N) is 5. The highest BCUT2D eigenvalue weighted by atomic mass is 35.5. The first kappa shape index (κ1) is 17.5. The van der Waals surface area contributed by atoms with Crippen LogP contribution in [0.4, 0.5) is 5.82 Å². The largest absolute Gasteiger partial charge is 0.356 e. The Hall–Kier alpha value is -1.27. The van der Waals surface area contributed by atoms with Gasteiger partial charge in [-0.3, -0.25) is 0 Å². The zero-order chi connectivity index (χ0) is 17.4. The molecular formula is C15H13Cl4N5. The molecule has 126 valence electrons. The summed E-state index contributed by atoms with van der Waals surface area (Å²) < 4.78 is 1.63. The van der Waals surface area contributed by atoms with Crippen LogP contribution in [0.25, 0.3) is 16.9 Å². The fourth-order valence-corrected chi connectivity index (χ4v) is 3.87. The molecule has 0 aliphatic heterocycles. The van der Waals surface area contributed by atoms with Gasteiger partial charge in [-0.2, -0.15) is 19.6 Å². The smallest absolute Gasteiger partial charge is 0.255 e. The van der Waals surface area contributed by atoms with E-state index in [-0.39, 0.29) is 5.15 Å². The van der Waals surface area contributed by atoms with E-state index in [0.29, 0.717) is 32.0 Å². The molecule has 3 aromatic rings. The number of hydrogen-bond donors (Lipinski definition) is 0. The van der Waals surface area contributed by atoms with Gasteiger partial charge in [0.1, 0.15) is 17.3 Å². The highest BCUT2D eigenvalue weighted by Gasteiger charge is 2.24. The summed E-state index contributed by atoms with van der Waals surface area (Å²) in [5, 5.41) is 5.76. The summed E-state index contributed by atoms with van der Waals surface area (Å²) in [6, 6.07) is 3.25. The second-order valence-corrected chi connectivity index (χ2v) is 6.60. The highest BCUT2D eigenvalue weighted by molar-refractivity contribution is 6.43. The number of hydrogen-bond acceptors (Lipinski definition) is 4. The standard InChI is InChI=1S/C15H13Cl4N5/c1-3-23(4-2)14-12(11-9(17)5-8(16)6-10(11)18)13(19)22-15-20-7-21-24(14)15/h5-7H,3-4H2,1-2H3. The van der Waals surface area contributed by atoms with Crippen molar-refractivity contribution in [1.29, 1.82) is 0 Å². The van der Waals surface area contributed by atoms with E-state index in [2.05, 4.69) is 20.0 Å². The van der Waals surface area contributed by atoms with E-state index in [1.165, 1.54) is 6.33 Å². The molecule has 0 amide bonds. The maximum absolute atomic E-state index is 6.47. The molecule has 0 radical (unpaired) electrons. The Morgan fingerprint density at radius 2 is 1.62 bits per heavy atom. The second kappa shape index (κ2) is 6.92. The van der Waals surface area contributed by atoms with Crippen molar-refractivity contribution in [3.63, 3.8) is 0 Å². The number of aromatic nitrogens is 4. The Balaban J connectivity index is 2.44. The fraction of sp³-hybridized carbons (Fsp3) is 0.267. The lowest BCUT2D eigenvalue weighted by Crippen LogP contribution is -2.26. The molecule has 0 unspecified atom stereocenters. The Morgan fingerprint density at radius 1 is 1.00 bits per heavy atom. The van der Waals surface area contributed by atoms with Crippen LogP contribution in [-0.2, 0) is 0 Å². The van der Waals surface area contributed by atoms with Crippen molar-refractivity contribution >= 4 is 58.0 Å². The normalized spacial score (nSPS) is 11.2. The molecule has 2 heterocycles. The number of fused-ring (bicyclic) bond motifs is 1. The molecule has 0 atom stereocenters. The van der Waals surface area contributed by atoms with Crippen LogP contribution in [0.2, 0.25) is 20.2 Å². The van der Waals surface area contributed by atoms with E-state index in [9.17, 15) is 0 Å². The van der Waals surface area contributed by atoms with Crippen molar-refractivity contribution in [2.75, 3.05) is 18.0 Å². The number of rotatable bonds is 4. The molecule has 5 nitrogen and oxygen atoms in total. The molecule has 9 heteroatoms. The third-order valence-electron chi connectivity index (χ3n) is 3.68. The monoisotopic (exact) mass is 403 g/mol. The van der Waals surface area contributed by atoms with Gasteiger partial charge in [0.2, 0.25) is 0 Å². The van der Waals surface area contributed by atoms with Crippen molar-refractivity contribution in [3.8, 4) is 11.1 Å². The van der Waals surface area contributed by atoms with Gasteiger partial charge >= 0.3 is 0 Å². The van der Waals surface area contributed by atoms with Crippen LogP contribution >= 0.6 is 46.4 Å². The molecule has 0 fully saturated rings. The lowest BCUT2D eigenvalue weighted by atomic mass is 10.1. The van der Waals surface area contributed by atoms with Crippen LogP contribution in [0.3, 0.4) is 0 Å². The van der Waals surface area contributed by atoms with Gasteiger partial charge < -0.3 is 4.90 Å². The molecule has 0 aliphatic carbocycles. The minimum absolute atomic E-state index is 0.253. The molecule has 3 rings (SSSR count). The average Bonchev–Trinajstić information content (AvgIpc) is 2.97. The number of benzene rings is 1. The first-order valence-electron chi connectivity index (χ1n) is 7.27. The maximum atomic E-state index is 6.47. The zero-order valence-corrected chi connectivity index (χ0v) is 15.9. The predicted octanol–water partition coefficient (Wildman–Crippen LogP) is 5.25. The van der Waals surface area contributed by atoms with Gasteiger partial charge in [-0.15, -0.1) is 0 Å². The van der Waals surface area contributed by atoms with Crippen LogP contribution < -0.4 is 4.90 Å². The van der Waals surface area contributed by atoms with Crippen molar-refractivity contribution in [2.24, 2.45) is 0 Å². The van der Waals surface area contributed by atoms with Crippen LogP contribution in [0.1, 0.15) is 13.8 Å². The van der Waals surface area contributed by atoms with Gasteiger partial charge in [-0.25, -0.2) is 0 Å². The van der Waals surface area contributed by atoms with E-state index in [1.54, 1.807) is 16.6 Å². The van der Waals surface area contributed by atoms with Crippen LogP contribution in [0, 0.1) is 0 Å². The first-order chi connectivity index (χ1) is 11.5. The van der Waals surface area contributed by atoms with E-state index in [1.807, 2.05) is 13.8 Å². The molecule has 0 bridgehead atoms. The minimum atomic E-state index is 0.253. The van der Waals surface area contributed by atoms with Crippen LogP contribution in [0.15, 0.2) is 18.5 Å². The molecule has 0 N–H and O–H groups in total. The third-order valence-corrected chi connectivity index (χ3v) is 4.77. The fourth-order valence-electron chi connectivity index (χ4n) is 2.61. The Kier molecular flexibility index (Phi) is 5.06. The minimum Gasteiger partial charge on any atom is -0.356 e. The molecule has 0 spiro atoms. The van der Waals surface area contributed by atoms with Gasteiger partial charge in [-0.1, -0.05) is 46.4 Å². The molecule has 24 heavy (non-hydrogen) atoms. The summed E-state index contributed by atoms with van der Waals surface area (Å²) in [5.74, 6) is 1.14. The van der Waals surface area contributed by atoms with Gasteiger partial charge in [-0.05, 0) is 26.0 Å². The van der Waals surface area contributed by atoms with Gasteiger partial charge in [0, 0.05) is 23.7 Å². The topological polar surface area (TPSA) is 46.3 Å². The number of halogens is 4. The van der Waals surface area contributed by atoms with Gasteiger partial charge in [0.15, 0.2) is 0 Å². The quantitative estimate of drug-likeness (QED) is 0.557. The first-order valence-corrected chi connectivity index (χ1v) is 8.78. The van der Waals surface area contributed by atoms with Crippen LogP contribution in [0.5, 0.6) is 0 Å². The van der Waals surface area contributed by atoms with E-state index in [4.69, 9.17) is 46.4 Å². The maximum Gasteiger partial charge on any atom is 0.255 e. The summed E-state index contributed by atoms with van der Waals surface area (Å²) in [5.41, 5.74) is 1.17. The van der Waals surface area contributed by atoms with Gasteiger partial charge in [0.05, 0.1) is 15.6 Å². The van der Waals surface area contributed by atoms with E-state index < -0.39 is 0 Å². The molecule has 2 aromatic heterocycles. The molecule has 0 saturated heterocycles. The van der Waals surface area contributed by atoms with Crippen molar-refractivity contribution in [2.45, 2.75) is 13.8 Å². The SMILES string of the molecule is CCN(CC)c1c(-c2c(Cl)cc(Cl)cc2Cl)c(Cl)nc2ncnn12. The summed E-state index contributed by atoms with van der Waals surface area (Å²) in [6.45, 7) is 5.55. The Bertz CT molecular complexity index is 881. The molecule has 0 saturated carbocycles. The van der Waals surface area contributed by atoms with Crippen molar-refractivity contribution in [3.05, 3.63) is 38.7 Å².